The number of para-hydroxylation sites is 1. The van der Waals surface area contributed by atoms with Crippen molar-refractivity contribution in [2.75, 3.05) is 10.7 Å². The zero-order chi connectivity index (χ0) is 16.4. The fourth-order valence-corrected chi connectivity index (χ4v) is 3.57. The van der Waals surface area contributed by atoms with E-state index in [2.05, 4.69) is 0 Å². The lowest BCUT2D eigenvalue weighted by molar-refractivity contribution is -0.119. The van der Waals surface area contributed by atoms with Crippen LogP contribution < -0.4 is 4.90 Å². The highest BCUT2D eigenvalue weighted by Gasteiger charge is 2.40. The van der Waals surface area contributed by atoms with Gasteiger partial charge >= 0.3 is 0 Å². The Morgan fingerprint density at radius 3 is 2.26 bits per heavy atom. The number of rotatable bonds is 4. The first-order valence-corrected chi connectivity index (χ1v) is 8.57. The zero-order valence-electron chi connectivity index (χ0n) is 12.5. The second kappa shape index (κ2) is 6.60. The third kappa shape index (κ3) is 2.80. The Kier molecular flexibility index (Phi) is 4.55. The van der Waals surface area contributed by atoms with E-state index in [-0.39, 0.29) is 11.8 Å². The number of hydrogen-bond donors (Lipinski definition) is 0. The van der Waals surface area contributed by atoms with Gasteiger partial charge in [-0.1, -0.05) is 61.0 Å². The second-order valence-electron chi connectivity index (χ2n) is 4.90. The van der Waals surface area contributed by atoms with E-state index in [0.717, 1.165) is 5.56 Å². The van der Waals surface area contributed by atoms with Crippen LogP contribution in [0.25, 0.3) is 5.57 Å². The Morgan fingerprint density at radius 1 is 0.957 bits per heavy atom. The van der Waals surface area contributed by atoms with Crippen LogP contribution in [0.5, 0.6) is 0 Å². The molecule has 3 rings (SSSR count). The smallest absolute Gasteiger partial charge is 0.268 e. The summed E-state index contributed by atoms with van der Waals surface area (Å²) in [7, 11) is 0. The average Bonchev–Trinajstić information content (AvgIpc) is 2.80. The molecule has 5 heteroatoms. The van der Waals surface area contributed by atoms with E-state index in [0.29, 0.717) is 26.9 Å². The van der Waals surface area contributed by atoms with Gasteiger partial charge in [-0.3, -0.25) is 9.59 Å². The highest BCUT2D eigenvalue weighted by molar-refractivity contribution is 8.04. The molecule has 2 aromatic carbocycles. The van der Waals surface area contributed by atoms with Gasteiger partial charge in [-0.15, -0.1) is 11.8 Å². The van der Waals surface area contributed by atoms with Gasteiger partial charge in [0.25, 0.3) is 11.8 Å². The Bertz CT molecular complexity index is 802. The second-order valence-corrected chi connectivity index (χ2v) is 6.58. The standard InChI is InChI=1S/C18H14ClNO2S/c1-2-23-16-15(12-8-4-3-5-9-12)17(21)20(18(16)22)14-11-7-6-10-13(14)19/h3-11H,2H2,1H3. The third-order valence-corrected chi connectivity index (χ3v) is 4.76. The largest absolute Gasteiger partial charge is 0.272 e. The van der Waals surface area contributed by atoms with Gasteiger partial charge in [0.15, 0.2) is 0 Å². The lowest BCUT2D eigenvalue weighted by Crippen LogP contribution is -2.31. The molecule has 1 aliphatic heterocycles. The summed E-state index contributed by atoms with van der Waals surface area (Å²) >= 11 is 7.56. The van der Waals surface area contributed by atoms with Gasteiger partial charge in [-0.2, -0.15) is 0 Å². The topological polar surface area (TPSA) is 37.4 Å². The van der Waals surface area contributed by atoms with Crippen molar-refractivity contribution in [3.05, 3.63) is 70.1 Å². The number of halogens is 1. The van der Waals surface area contributed by atoms with Crippen molar-refractivity contribution in [1.82, 2.24) is 0 Å². The first-order chi connectivity index (χ1) is 11.1. The molecule has 0 bridgehead atoms. The summed E-state index contributed by atoms with van der Waals surface area (Å²) in [5, 5.41) is 0.379. The molecule has 2 amide bonds. The van der Waals surface area contributed by atoms with Gasteiger partial charge < -0.3 is 0 Å². The molecule has 1 heterocycles. The van der Waals surface area contributed by atoms with Crippen LogP contribution in [0.4, 0.5) is 5.69 Å². The number of anilines is 1. The highest BCUT2D eigenvalue weighted by Crippen LogP contribution is 2.40. The molecule has 0 atom stereocenters. The Balaban J connectivity index is 2.12. The monoisotopic (exact) mass is 343 g/mol. The average molecular weight is 344 g/mol. The van der Waals surface area contributed by atoms with E-state index in [1.807, 2.05) is 37.3 Å². The molecule has 0 unspecified atom stereocenters. The predicted molar refractivity (Wildman–Crippen MR) is 95.4 cm³/mol. The molecule has 0 saturated heterocycles. The van der Waals surface area contributed by atoms with Gasteiger partial charge in [0.05, 0.1) is 21.2 Å². The van der Waals surface area contributed by atoms with Crippen LogP contribution in [-0.4, -0.2) is 17.6 Å². The normalized spacial score (nSPS) is 14.8. The fourth-order valence-electron chi connectivity index (χ4n) is 2.50. The van der Waals surface area contributed by atoms with Gasteiger partial charge in [0.1, 0.15) is 0 Å². The Labute approximate surface area is 143 Å². The molecule has 2 aromatic rings. The minimum atomic E-state index is -0.328. The molecular formula is C18H14ClNO2S. The predicted octanol–water partition coefficient (Wildman–Crippen LogP) is 4.38. The minimum Gasteiger partial charge on any atom is -0.268 e. The van der Waals surface area contributed by atoms with E-state index in [1.54, 1.807) is 24.3 Å². The summed E-state index contributed by atoms with van der Waals surface area (Å²) in [6.07, 6.45) is 0. The van der Waals surface area contributed by atoms with Gasteiger partial charge in [0, 0.05) is 0 Å². The van der Waals surface area contributed by atoms with Crippen molar-refractivity contribution >= 4 is 46.4 Å². The lowest BCUT2D eigenvalue weighted by Gasteiger charge is -2.16. The Hall–Kier alpha value is -2.04. The lowest BCUT2D eigenvalue weighted by atomic mass is 10.1. The van der Waals surface area contributed by atoms with Crippen molar-refractivity contribution in [3.8, 4) is 0 Å². The number of imide groups is 1. The molecule has 0 aromatic heterocycles. The number of carbonyl (C=O) groups excluding carboxylic acids is 2. The van der Waals surface area contributed by atoms with E-state index < -0.39 is 0 Å². The van der Waals surface area contributed by atoms with E-state index >= 15 is 0 Å². The van der Waals surface area contributed by atoms with E-state index in [9.17, 15) is 9.59 Å². The van der Waals surface area contributed by atoms with Crippen LogP contribution in [0.3, 0.4) is 0 Å². The summed E-state index contributed by atoms with van der Waals surface area (Å²) in [5.74, 6) is 0.0696. The number of nitrogens with zero attached hydrogens (tertiary/aromatic N) is 1. The summed E-state index contributed by atoms with van der Waals surface area (Å²) in [6.45, 7) is 1.95. The maximum absolute atomic E-state index is 12.9. The van der Waals surface area contributed by atoms with Crippen LogP contribution >= 0.6 is 23.4 Å². The molecule has 0 spiro atoms. The van der Waals surface area contributed by atoms with Crippen molar-refractivity contribution < 1.29 is 9.59 Å². The van der Waals surface area contributed by atoms with Crippen molar-refractivity contribution in [2.45, 2.75) is 6.92 Å². The summed E-state index contributed by atoms with van der Waals surface area (Å²) in [5.41, 5.74) is 1.61. The maximum Gasteiger partial charge on any atom is 0.272 e. The zero-order valence-corrected chi connectivity index (χ0v) is 14.0. The molecule has 116 valence electrons. The third-order valence-electron chi connectivity index (χ3n) is 3.49. The molecule has 0 N–H and O–H groups in total. The fraction of sp³-hybridized carbons (Fsp3) is 0.111. The molecule has 3 nitrogen and oxygen atoms in total. The van der Waals surface area contributed by atoms with Gasteiger partial charge in [-0.05, 0) is 23.4 Å². The van der Waals surface area contributed by atoms with Crippen LogP contribution in [0.2, 0.25) is 5.02 Å². The van der Waals surface area contributed by atoms with Crippen LogP contribution in [0.15, 0.2) is 59.5 Å². The number of thioether (sulfide) groups is 1. The van der Waals surface area contributed by atoms with E-state index in [1.165, 1.54) is 16.7 Å². The molecule has 0 fully saturated rings. The van der Waals surface area contributed by atoms with Gasteiger partial charge in [-0.25, -0.2) is 4.90 Å². The molecule has 0 aliphatic carbocycles. The highest BCUT2D eigenvalue weighted by atomic mass is 35.5. The maximum atomic E-state index is 12.9. The number of hydrogen-bond acceptors (Lipinski definition) is 3. The molecule has 0 saturated carbocycles. The minimum absolute atomic E-state index is 0.311. The number of carbonyl (C=O) groups is 2. The van der Waals surface area contributed by atoms with Crippen molar-refractivity contribution in [3.63, 3.8) is 0 Å². The quantitative estimate of drug-likeness (QED) is 0.773. The molecule has 23 heavy (non-hydrogen) atoms. The molecular weight excluding hydrogens is 330 g/mol. The summed E-state index contributed by atoms with van der Waals surface area (Å²) in [6, 6.07) is 16.1. The summed E-state index contributed by atoms with van der Waals surface area (Å²) < 4.78 is 0. The Morgan fingerprint density at radius 2 is 1.61 bits per heavy atom. The SMILES string of the molecule is CCSC1=C(c2ccccc2)C(=O)N(c2ccccc2Cl)C1=O. The van der Waals surface area contributed by atoms with Crippen molar-refractivity contribution in [1.29, 1.82) is 0 Å². The van der Waals surface area contributed by atoms with Gasteiger partial charge in [0.2, 0.25) is 0 Å². The molecule has 0 radical (unpaired) electrons. The first-order valence-electron chi connectivity index (χ1n) is 7.21. The van der Waals surface area contributed by atoms with E-state index in [4.69, 9.17) is 11.6 Å². The van der Waals surface area contributed by atoms with Crippen LogP contribution in [0.1, 0.15) is 12.5 Å². The van der Waals surface area contributed by atoms with Crippen LogP contribution in [0, 0.1) is 0 Å². The summed E-state index contributed by atoms with van der Waals surface area (Å²) in [4.78, 5) is 27.4. The first kappa shape index (κ1) is 15.8. The number of amides is 2. The number of benzene rings is 2. The van der Waals surface area contributed by atoms with Crippen molar-refractivity contribution in [2.24, 2.45) is 0 Å². The molecule has 1 aliphatic rings. The van der Waals surface area contributed by atoms with Crippen LogP contribution in [-0.2, 0) is 9.59 Å².